The summed E-state index contributed by atoms with van der Waals surface area (Å²) < 4.78 is 7.51. The molecule has 6 heteroatoms. The van der Waals surface area contributed by atoms with Crippen LogP contribution in [0.25, 0.3) is 0 Å². The van der Waals surface area contributed by atoms with Gasteiger partial charge in [-0.3, -0.25) is 0 Å². The van der Waals surface area contributed by atoms with Crippen LogP contribution in [-0.2, 0) is 4.12 Å². The van der Waals surface area contributed by atoms with Gasteiger partial charge in [0.2, 0.25) is 0 Å². The van der Waals surface area contributed by atoms with Gasteiger partial charge < -0.3 is 4.12 Å². The second-order valence-electron chi connectivity index (χ2n) is 17.2. The molecule has 4 fully saturated rings. The third-order valence-electron chi connectivity index (χ3n) is 10.2. The Morgan fingerprint density at radius 2 is 1.12 bits per heavy atom. The van der Waals surface area contributed by atoms with E-state index in [0.29, 0.717) is 10.5 Å². The van der Waals surface area contributed by atoms with Crippen LogP contribution in [0.1, 0.15) is 59.3 Å². The molecule has 4 aliphatic carbocycles. The van der Waals surface area contributed by atoms with E-state index in [4.69, 9.17) is 4.12 Å². The number of hydrogen-bond acceptors (Lipinski definition) is 1. The molecule has 0 amide bonds. The summed E-state index contributed by atoms with van der Waals surface area (Å²) in [6.07, 6.45) is 8.96. The quantitative estimate of drug-likeness (QED) is 0.226. The van der Waals surface area contributed by atoms with Gasteiger partial charge in [-0.15, -0.1) is 5.73 Å². The molecular formula is C28H58OSi5. The largest absolute Gasteiger partial charge is 0.456 e. The second-order valence-corrected chi connectivity index (χ2v) is 53.2. The SMILES string of the molecule is CC(C)(C)[Si](C)(C)C(=C=C[Si](O[Si](C)(C)C)([Si](C)(C)C)[Si](C)(C)C)C12CC3CC(CC(C3)C1)C2. The fraction of sp³-hybridized carbons (Fsp3) is 0.893. The van der Waals surface area contributed by atoms with E-state index in [1.807, 2.05) is 5.20 Å². The van der Waals surface area contributed by atoms with Gasteiger partial charge in [0, 0.05) is 0 Å². The summed E-state index contributed by atoms with van der Waals surface area (Å²) in [6.45, 7) is 36.0. The van der Waals surface area contributed by atoms with Gasteiger partial charge in [0.1, 0.15) is 0 Å². The zero-order valence-corrected chi connectivity index (χ0v) is 30.5. The van der Waals surface area contributed by atoms with Crippen molar-refractivity contribution in [2.75, 3.05) is 0 Å². The van der Waals surface area contributed by atoms with E-state index in [-0.39, 0.29) is 0 Å². The van der Waals surface area contributed by atoms with E-state index in [0.717, 1.165) is 17.8 Å². The first-order valence-electron chi connectivity index (χ1n) is 14.2. The highest BCUT2D eigenvalue weighted by Gasteiger charge is 2.59. The third kappa shape index (κ3) is 5.26. The minimum absolute atomic E-state index is 0.356. The summed E-state index contributed by atoms with van der Waals surface area (Å²) in [5.74, 6) is 2.96. The Morgan fingerprint density at radius 1 is 0.735 bits per heavy atom. The van der Waals surface area contributed by atoms with Crippen LogP contribution in [0.5, 0.6) is 0 Å². The maximum Gasteiger partial charge on any atom is 0.184 e. The summed E-state index contributed by atoms with van der Waals surface area (Å²) in [4.78, 5) is 0. The fourth-order valence-corrected chi connectivity index (χ4v) is 62.4. The molecule has 0 spiro atoms. The third-order valence-corrected chi connectivity index (χ3v) is 54.2. The Hall–Kier alpha value is 0.564. The highest BCUT2D eigenvalue weighted by molar-refractivity contribution is 7.69. The summed E-state index contributed by atoms with van der Waals surface area (Å²) >= 11 is 0. The van der Waals surface area contributed by atoms with Crippen molar-refractivity contribution in [3.05, 3.63) is 16.6 Å². The van der Waals surface area contributed by atoms with Gasteiger partial charge in [-0.2, -0.15) is 0 Å². The van der Waals surface area contributed by atoms with Gasteiger partial charge in [-0.25, -0.2) is 0 Å². The molecule has 0 atom stereocenters. The molecule has 0 aromatic rings. The first-order chi connectivity index (χ1) is 15.0. The van der Waals surface area contributed by atoms with E-state index in [1.165, 1.54) is 38.5 Å². The molecule has 1 nitrogen and oxygen atoms in total. The average Bonchev–Trinajstić information content (AvgIpc) is 2.55. The van der Waals surface area contributed by atoms with Crippen molar-refractivity contribution in [2.24, 2.45) is 23.2 Å². The first kappa shape index (κ1) is 29.1. The van der Waals surface area contributed by atoms with Gasteiger partial charge in [0.25, 0.3) is 0 Å². The molecule has 4 aliphatic rings. The molecule has 0 N–H and O–H groups in total. The zero-order chi connectivity index (χ0) is 26.2. The van der Waals surface area contributed by atoms with Gasteiger partial charge in [-0.05, 0) is 97.3 Å². The van der Waals surface area contributed by atoms with Crippen molar-refractivity contribution in [1.29, 1.82) is 0 Å². The summed E-state index contributed by atoms with van der Waals surface area (Å²) in [5.41, 5.74) is 7.58. The Bertz CT molecular complexity index is 789. The van der Waals surface area contributed by atoms with Crippen LogP contribution in [0, 0.1) is 23.2 Å². The first-order valence-corrected chi connectivity index (χ1v) is 31.6. The molecule has 4 saturated carbocycles. The molecule has 0 radical (unpaired) electrons. The molecule has 196 valence electrons. The molecule has 0 aliphatic heterocycles. The molecule has 4 rings (SSSR count). The van der Waals surface area contributed by atoms with Crippen molar-refractivity contribution in [3.8, 4) is 0 Å². The Labute approximate surface area is 218 Å². The van der Waals surface area contributed by atoms with Crippen LogP contribution >= 0.6 is 0 Å². The minimum Gasteiger partial charge on any atom is -0.456 e. The van der Waals surface area contributed by atoms with Crippen molar-refractivity contribution in [3.63, 3.8) is 0 Å². The second kappa shape index (κ2) is 8.81. The number of allylic oxidation sites excluding steroid dienone is 1. The van der Waals surface area contributed by atoms with Crippen LogP contribution in [-0.4, -0.2) is 38.9 Å². The summed E-state index contributed by atoms with van der Waals surface area (Å²) in [5, 5.41) is 2.19. The highest BCUT2D eigenvalue weighted by Crippen LogP contribution is 2.65. The van der Waals surface area contributed by atoms with Crippen molar-refractivity contribution >= 4 is 38.9 Å². The molecule has 34 heavy (non-hydrogen) atoms. The predicted molar refractivity (Wildman–Crippen MR) is 166 cm³/mol. The lowest BCUT2D eigenvalue weighted by Gasteiger charge is -2.60. The highest BCUT2D eigenvalue weighted by atomic mass is 29.7. The average molecular weight is 551 g/mol. The van der Waals surface area contributed by atoms with Crippen molar-refractivity contribution in [2.45, 2.75) is 136 Å². The van der Waals surface area contributed by atoms with E-state index in [1.54, 1.807) is 0 Å². The smallest absolute Gasteiger partial charge is 0.184 e. The lowest BCUT2D eigenvalue weighted by atomic mass is 9.49. The molecule has 0 aromatic carbocycles. The van der Waals surface area contributed by atoms with Gasteiger partial charge in [0.15, 0.2) is 15.7 Å². The van der Waals surface area contributed by atoms with Crippen molar-refractivity contribution in [1.82, 2.24) is 0 Å². The van der Waals surface area contributed by atoms with E-state index in [9.17, 15) is 0 Å². The molecule has 0 heterocycles. The van der Waals surface area contributed by atoms with E-state index >= 15 is 0 Å². The molecule has 4 bridgehead atoms. The standard InChI is InChI=1S/C28H58OSi5/c1-27(2,3)33(13,14)26(28-20-23-17-24(21-28)19-25(18-23)22-28)15-16-34(31(7,8)9,32(10,11)12)29-30(4,5)6/h16,23-25H,17-22H2,1-14H3. The van der Waals surface area contributed by atoms with Crippen LogP contribution in [0.2, 0.25) is 77.1 Å². The molecule has 0 aromatic heterocycles. The molecule has 0 saturated heterocycles. The number of hydrogen-bond donors (Lipinski definition) is 0. The predicted octanol–water partition coefficient (Wildman–Crippen LogP) is 9.50. The summed E-state index contributed by atoms with van der Waals surface area (Å²) in [7, 11) is -8.52. The van der Waals surface area contributed by atoms with Crippen LogP contribution in [0.3, 0.4) is 0 Å². The Morgan fingerprint density at radius 3 is 1.41 bits per heavy atom. The van der Waals surface area contributed by atoms with Crippen molar-refractivity contribution < 1.29 is 4.12 Å². The topological polar surface area (TPSA) is 9.23 Å². The fourth-order valence-electron chi connectivity index (χ4n) is 8.34. The monoisotopic (exact) mass is 550 g/mol. The zero-order valence-electron chi connectivity index (χ0n) is 25.5. The van der Waals surface area contributed by atoms with Crippen LogP contribution in [0.15, 0.2) is 16.6 Å². The minimum atomic E-state index is -2.04. The molecule has 0 unspecified atom stereocenters. The summed E-state index contributed by atoms with van der Waals surface area (Å²) in [6, 6.07) is 0. The maximum atomic E-state index is 7.51. The van der Waals surface area contributed by atoms with Gasteiger partial charge in [-0.1, -0.05) is 73.1 Å². The van der Waals surface area contributed by atoms with Gasteiger partial charge >= 0.3 is 0 Å². The lowest BCUT2D eigenvalue weighted by molar-refractivity contribution is -0.0272. The van der Waals surface area contributed by atoms with Crippen LogP contribution < -0.4 is 0 Å². The normalized spacial score (nSPS) is 30.4. The number of rotatable bonds is 7. The van der Waals surface area contributed by atoms with Gasteiger partial charge in [0.05, 0.1) is 23.3 Å². The Kier molecular flexibility index (Phi) is 7.55. The lowest BCUT2D eigenvalue weighted by Crippen LogP contribution is -2.74. The van der Waals surface area contributed by atoms with E-state index < -0.39 is 38.9 Å². The molecular weight excluding hydrogens is 493 g/mol. The Balaban J connectivity index is 2.31. The maximum absolute atomic E-state index is 7.51. The van der Waals surface area contributed by atoms with Crippen LogP contribution in [0.4, 0.5) is 0 Å². The van der Waals surface area contributed by atoms with E-state index in [2.05, 4.69) is 104 Å².